The van der Waals surface area contributed by atoms with Gasteiger partial charge in [0.2, 0.25) is 0 Å². The molecule has 15 heavy (non-hydrogen) atoms. The maximum Gasteiger partial charge on any atom is 0.197 e. The molecule has 1 atom stereocenters. The lowest BCUT2D eigenvalue weighted by atomic mass is 10.0. The lowest BCUT2D eigenvalue weighted by Gasteiger charge is -2.15. The molecule has 1 aromatic rings. The standard InChI is InChI=1S/C10H14FNO3/c1-5-3-6(7(12)4-13)8(11)10(15-2)9(5)14/h3,7,13-14H,4,12H2,1-2H3. The number of halogens is 1. The number of aryl methyl sites for hydroxylation is 1. The third-order valence-corrected chi connectivity index (χ3v) is 2.21. The van der Waals surface area contributed by atoms with Crippen LogP contribution in [0.4, 0.5) is 4.39 Å². The van der Waals surface area contributed by atoms with E-state index in [1.54, 1.807) is 6.92 Å². The van der Waals surface area contributed by atoms with Crippen molar-refractivity contribution in [3.63, 3.8) is 0 Å². The van der Waals surface area contributed by atoms with Crippen LogP contribution >= 0.6 is 0 Å². The van der Waals surface area contributed by atoms with Gasteiger partial charge in [0.1, 0.15) is 0 Å². The molecule has 0 radical (unpaired) electrons. The number of phenols is 1. The van der Waals surface area contributed by atoms with Gasteiger partial charge in [0.05, 0.1) is 19.8 Å². The van der Waals surface area contributed by atoms with E-state index in [0.29, 0.717) is 5.56 Å². The number of aliphatic hydroxyl groups excluding tert-OH is 1. The van der Waals surface area contributed by atoms with Crippen LogP contribution in [0.15, 0.2) is 6.07 Å². The van der Waals surface area contributed by atoms with Crippen molar-refractivity contribution in [1.82, 2.24) is 0 Å². The summed E-state index contributed by atoms with van der Waals surface area (Å²) in [6.45, 7) is 1.23. The van der Waals surface area contributed by atoms with Crippen molar-refractivity contribution in [3.8, 4) is 11.5 Å². The number of aromatic hydroxyl groups is 1. The zero-order chi connectivity index (χ0) is 11.6. The van der Waals surface area contributed by atoms with Crippen LogP contribution in [0.2, 0.25) is 0 Å². The van der Waals surface area contributed by atoms with Crippen molar-refractivity contribution < 1.29 is 19.3 Å². The molecule has 0 aliphatic rings. The fourth-order valence-electron chi connectivity index (χ4n) is 1.33. The first-order valence-corrected chi connectivity index (χ1v) is 4.45. The van der Waals surface area contributed by atoms with Crippen LogP contribution in [0.5, 0.6) is 11.5 Å². The summed E-state index contributed by atoms with van der Waals surface area (Å²) in [6.07, 6.45) is 0. The molecule has 84 valence electrons. The highest BCUT2D eigenvalue weighted by molar-refractivity contribution is 5.49. The normalized spacial score (nSPS) is 12.6. The Morgan fingerprint density at radius 1 is 1.60 bits per heavy atom. The molecule has 0 bridgehead atoms. The van der Waals surface area contributed by atoms with Crippen LogP contribution in [0.25, 0.3) is 0 Å². The van der Waals surface area contributed by atoms with Crippen molar-refractivity contribution >= 4 is 0 Å². The molecule has 0 aliphatic heterocycles. The molecule has 0 heterocycles. The lowest BCUT2D eigenvalue weighted by molar-refractivity contribution is 0.263. The molecule has 4 nitrogen and oxygen atoms in total. The molecule has 4 N–H and O–H groups in total. The quantitative estimate of drug-likeness (QED) is 0.698. The predicted octanol–water partition coefficient (Wildman–Crippen LogP) is 0.840. The van der Waals surface area contributed by atoms with Crippen molar-refractivity contribution in [2.45, 2.75) is 13.0 Å². The highest BCUT2D eigenvalue weighted by atomic mass is 19.1. The topological polar surface area (TPSA) is 75.7 Å². The second-order valence-electron chi connectivity index (χ2n) is 3.27. The van der Waals surface area contributed by atoms with E-state index in [9.17, 15) is 9.50 Å². The fraction of sp³-hybridized carbons (Fsp3) is 0.400. The number of rotatable bonds is 3. The maximum atomic E-state index is 13.7. The number of methoxy groups -OCH3 is 1. The van der Waals surface area contributed by atoms with Gasteiger partial charge in [-0.1, -0.05) is 0 Å². The van der Waals surface area contributed by atoms with Gasteiger partial charge >= 0.3 is 0 Å². The highest BCUT2D eigenvalue weighted by Crippen LogP contribution is 2.36. The number of hydrogen-bond donors (Lipinski definition) is 3. The summed E-state index contributed by atoms with van der Waals surface area (Å²) in [5.41, 5.74) is 6.09. The number of hydrogen-bond acceptors (Lipinski definition) is 4. The third kappa shape index (κ3) is 2.03. The Labute approximate surface area is 87.1 Å². The average Bonchev–Trinajstić information content (AvgIpc) is 2.23. The first-order chi connectivity index (χ1) is 7.02. The van der Waals surface area contributed by atoms with Gasteiger partial charge in [0.25, 0.3) is 0 Å². The summed E-state index contributed by atoms with van der Waals surface area (Å²) in [5, 5.41) is 18.3. The zero-order valence-corrected chi connectivity index (χ0v) is 8.62. The van der Waals surface area contributed by atoms with E-state index in [-0.39, 0.29) is 23.7 Å². The summed E-state index contributed by atoms with van der Waals surface area (Å²) in [7, 11) is 1.26. The second kappa shape index (κ2) is 4.46. The Morgan fingerprint density at radius 3 is 2.67 bits per heavy atom. The zero-order valence-electron chi connectivity index (χ0n) is 8.62. The van der Waals surface area contributed by atoms with Gasteiger partial charge in [-0.15, -0.1) is 0 Å². The fourth-order valence-corrected chi connectivity index (χ4v) is 1.33. The van der Waals surface area contributed by atoms with E-state index in [4.69, 9.17) is 15.6 Å². The number of phenolic OH excluding ortho intramolecular Hbond substituents is 1. The number of ether oxygens (including phenoxy) is 1. The number of benzene rings is 1. The third-order valence-electron chi connectivity index (χ3n) is 2.21. The predicted molar refractivity (Wildman–Crippen MR) is 53.4 cm³/mol. The molecule has 1 unspecified atom stereocenters. The molecule has 0 amide bonds. The molecule has 5 heteroatoms. The van der Waals surface area contributed by atoms with Gasteiger partial charge in [-0.3, -0.25) is 0 Å². The van der Waals surface area contributed by atoms with Crippen LogP contribution in [0, 0.1) is 12.7 Å². The van der Waals surface area contributed by atoms with E-state index in [1.807, 2.05) is 0 Å². The van der Waals surface area contributed by atoms with Gasteiger partial charge in [0, 0.05) is 5.56 Å². The lowest BCUT2D eigenvalue weighted by Crippen LogP contribution is -2.16. The monoisotopic (exact) mass is 215 g/mol. The van der Waals surface area contributed by atoms with Crippen molar-refractivity contribution in [3.05, 3.63) is 23.0 Å². The summed E-state index contributed by atoms with van der Waals surface area (Å²) in [5.74, 6) is -1.22. The van der Waals surface area contributed by atoms with Gasteiger partial charge in [0.15, 0.2) is 17.3 Å². The van der Waals surface area contributed by atoms with Gasteiger partial charge in [-0.2, -0.15) is 0 Å². The number of aliphatic hydroxyl groups is 1. The van der Waals surface area contributed by atoms with E-state index < -0.39 is 11.9 Å². The minimum atomic E-state index is -0.821. The molecule has 0 fully saturated rings. The molecule has 0 aromatic heterocycles. The van der Waals surface area contributed by atoms with Crippen LogP contribution < -0.4 is 10.5 Å². The van der Waals surface area contributed by atoms with Crippen molar-refractivity contribution in [1.29, 1.82) is 0 Å². The average molecular weight is 215 g/mol. The molecule has 1 aromatic carbocycles. The molecule has 0 saturated carbocycles. The summed E-state index contributed by atoms with van der Waals surface area (Å²) >= 11 is 0. The Balaban J connectivity index is 3.36. The van der Waals surface area contributed by atoms with Crippen molar-refractivity contribution in [2.75, 3.05) is 13.7 Å². The Kier molecular flexibility index (Phi) is 3.49. The van der Waals surface area contributed by atoms with E-state index in [2.05, 4.69) is 0 Å². The molecular formula is C10H14FNO3. The summed E-state index contributed by atoms with van der Waals surface area (Å²) in [4.78, 5) is 0. The van der Waals surface area contributed by atoms with E-state index in [0.717, 1.165) is 0 Å². The van der Waals surface area contributed by atoms with Crippen LogP contribution in [0.1, 0.15) is 17.2 Å². The highest BCUT2D eigenvalue weighted by Gasteiger charge is 2.20. The van der Waals surface area contributed by atoms with E-state index >= 15 is 0 Å². The Bertz CT molecular complexity index is 368. The summed E-state index contributed by atoms with van der Waals surface area (Å²) < 4.78 is 18.4. The first kappa shape index (κ1) is 11.7. The smallest absolute Gasteiger partial charge is 0.197 e. The molecular weight excluding hydrogens is 201 g/mol. The van der Waals surface area contributed by atoms with Crippen LogP contribution in [-0.2, 0) is 0 Å². The molecule has 0 saturated heterocycles. The summed E-state index contributed by atoms with van der Waals surface area (Å²) in [6, 6.07) is 0.576. The van der Waals surface area contributed by atoms with Gasteiger partial charge < -0.3 is 20.7 Å². The second-order valence-corrected chi connectivity index (χ2v) is 3.27. The van der Waals surface area contributed by atoms with E-state index in [1.165, 1.54) is 13.2 Å². The maximum absolute atomic E-state index is 13.7. The SMILES string of the molecule is COc1c(O)c(C)cc(C(N)CO)c1F. The van der Waals surface area contributed by atoms with Crippen LogP contribution in [-0.4, -0.2) is 23.9 Å². The minimum absolute atomic E-state index is 0.129. The van der Waals surface area contributed by atoms with Crippen molar-refractivity contribution in [2.24, 2.45) is 5.73 Å². The molecule has 1 rings (SSSR count). The van der Waals surface area contributed by atoms with Crippen LogP contribution in [0.3, 0.4) is 0 Å². The number of nitrogens with two attached hydrogens (primary N) is 1. The minimum Gasteiger partial charge on any atom is -0.504 e. The Hall–Kier alpha value is -1.33. The molecule has 0 aliphatic carbocycles. The largest absolute Gasteiger partial charge is 0.504 e. The molecule has 0 spiro atoms. The van der Waals surface area contributed by atoms with Gasteiger partial charge in [-0.25, -0.2) is 4.39 Å². The first-order valence-electron chi connectivity index (χ1n) is 4.45. The Morgan fingerprint density at radius 2 is 2.20 bits per heavy atom. The van der Waals surface area contributed by atoms with Gasteiger partial charge in [-0.05, 0) is 18.6 Å².